The summed E-state index contributed by atoms with van der Waals surface area (Å²) in [5.74, 6) is -1.06. The Morgan fingerprint density at radius 2 is 2.00 bits per heavy atom. The molecule has 22 heavy (non-hydrogen) atoms. The number of aliphatic carboxylic acids is 1. The predicted molar refractivity (Wildman–Crippen MR) is 80.7 cm³/mol. The van der Waals surface area contributed by atoms with Gasteiger partial charge in [-0.2, -0.15) is 0 Å². The lowest BCUT2D eigenvalue weighted by molar-refractivity contribution is -0.384. The van der Waals surface area contributed by atoms with Gasteiger partial charge in [0.2, 0.25) is 0 Å². The summed E-state index contributed by atoms with van der Waals surface area (Å²) in [5, 5.41) is 22.9. The highest BCUT2D eigenvalue weighted by Crippen LogP contribution is 2.28. The molecule has 122 valence electrons. The number of nitro groups is 1. The molecule has 9 heteroatoms. The van der Waals surface area contributed by atoms with Crippen LogP contribution in [0.3, 0.4) is 0 Å². The number of rotatable bonds is 7. The molecular formula is C13H18N2O6S. The fraction of sp³-hybridized carbons (Fsp3) is 0.462. The molecule has 0 saturated heterocycles. The minimum Gasteiger partial charge on any atom is -0.480 e. The first kappa shape index (κ1) is 17.9. The molecule has 0 amide bonds. The molecule has 1 aromatic carbocycles. The summed E-state index contributed by atoms with van der Waals surface area (Å²) < 4.78 is 22.9. The lowest BCUT2D eigenvalue weighted by atomic mass is 10.0. The van der Waals surface area contributed by atoms with E-state index in [9.17, 15) is 23.3 Å². The molecule has 2 N–H and O–H groups in total. The standard InChI is InChI=1S/C13H18N2O6S/c1-8(2)6-11(13(16)17)14-10-5-4-9(22(3,20)21)7-12(10)15(18)19/h4-5,7-8,11,14H,6H2,1-3H3,(H,16,17)/t11-/m0/s1. The molecule has 0 aromatic heterocycles. The smallest absolute Gasteiger partial charge is 0.326 e. The van der Waals surface area contributed by atoms with Crippen LogP contribution in [0.4, 0.5) is 11.4 Å². The number of sulfone groups is 1. The molecule has 0 heterocycles. The van der Waals surface area contributed by atoms with Crippen molar-refractivity contribution in [2.75, 3.05) is 11.6 Å². The van der Waals surface area contributed by atoms with Gasteiger partial charge in [-0.05, 0) is 24.5 Å². The second-order valence-corrected chi connectivity index (χ2v) is 7.39. The number of hydrogen-bond donors (Lipinski definition) is 2. The summed E-state index contributed by atoms with van der Waals surface area (Å²) in [6.07, 6.45) is 1.22. The molecule has 0 unspecified atom stereocenters. The van der Waals surface area contributed by atoms with E-state index in [1.54, 1.807) is 0 Å². The second-order valence-electron chi connectivity index (χ2n) is 5.37. The summed E-state index contributed by atoms with van der Waals surface area (Å²) in [6.45, 7) is 3.66. The van der Waals surface area contributed by atoms with Crippen LogP contribution in [0, 0.1) is 16.0 Å². The van der Waals surface area contributed by atoms with Crippen LogP contribution in [0.1, 0.15) is 20.3 Å². The Hall–Kier alpha value is -2.16. The average molecular weight is 330 g/mol. The van der Waals surface area contributed by atoms with Gasteiger partial charge in [0.15, 0.2) is 9.84 Å². The van der Waals surface area contributed by atoms with Crippen molar-refractivity contribution in [3.05, 3.63) is 28.3 Å². The van der Waals surface area contributed by atoms with Gasteiger partial charge < -0.3 is 10.4 Å². The number of carboxylic acid groups (broad SMARTS) is 1. The fourth-order valence-electron chi connectivity index (χ4n) is 1.90. The Labute approximate surface area is 128 Å². The van der Waals surface area contributed by atoms with Crippen molar-refractivity contribution in [1.29, 1.82) is 0 Å². The first-order valence-electron chi connectivity index (χ1n) is 6.50. The third-order valence-corrected chi connectivity index (χ3v) is 4.04. The molecule has 0 aliphatic rings. The first-order chi connectivity index (χ1) is 10.0. The third kappa shape index (κ3) is 4.69. The minimum absolute atomic E-state index is 0.0227. The summed E-state index contributed by atoms with van der Waals surface area (Å²) in [5.41, 5.74) is -0.497. The van der Waals surface area contributed by atoms with Crippen LogP contribution >= 0.6 is 0 Å². The van der Waals surface area contributed by atoms with E-state index in [4.69, 9.17) is 5.11 Å². The Kier molecular flexibility index (Phi) is 5.48. The van der Waals surface area contributed by atoms with E-state index >= 15 is 0 Å². The predicted octanol–water partition coefficient (Wildman–Crippen LogP) is 1.91. The molecule has 0 aliphatic heterocycles. The van der Waals surface area contributed by atoms with Gasteiger partial charge >= 0.3 is 5.97 Å². The van der Waals surface area contributed by atoms with Crippen molar-refractivity contribution in [3.8, 4) is 0 Å². The van der Waals surface area contributed by atoms with Gasteiger partial charge in [-0.25, -0.2) is 13.2 Å². The quantitative estimate of drug-likeness (QED) is 0.577. The molecule has 0 spiro atoms. The number of nitrogens with zero attached hydrogens (tertiary/aromatic N) is 1. The molecule has 0 aliphatic carbocycles. The topological polar surface area (TPSA) is 127 Å². The first-order valence-corrected chi connectivity index (χ1v) is 8.39. The van der Waals surface area contributed by atoms with Crippen LogP contribution in [0.15, 0.2) is 23.1 Å². The average Bonchev–Trinajstić information content (AvgIpc) is 2.36. The van der Waals surface area contributed by atoms with Crippen molar-refractivity contribution in [3.63, 3.8) is 0 Å². The van der Waals surface area contributed by atoms with Crippen LogP contribution in [-0.4, -0.2) is 36.7 Å². The van der Waals surface area contributed by atoms with Gasteiger partial charge in [0.25, 0.3) is 5.69 Å². The van der Waals surface area contributed by atoms with Crippen LogP contribution in [0.2, 0.25) is 0 Å². The van der Waals surface area contributed by atoms with E-state index in [1.807, 2.05) is 13.8 Å². The Bertz CT molecular complexity index is 684. The number of carbonyl (C=O) groups is 1. The zero-order valence-corrected chi connectivity index (χ0v) is 13.3. The molecule has 0 saturated carbocycles. The number of nitrogens with one attached hydrogen (secondary N) is 1. The number of anilines is 1. The van der Waals surface area contributed by atoms with E-state index in [2.05, 4.69) is 5.32 Å². The molecule has 1 rings (SSSR count). The maximum absolute atomic E-state index is 11.5. The zero-order valence-electron chi connectivity index (χ0n) is 12.4. The van der Waals surface area contributed by atoms with E-state index in [0.717, 1.165) is 12.3 Å². The van der Waals surface area contributed by atoms with Gasteiger partial charge in [-0.3, -0.25) is 10.1 Å². The lowest BCUT2D eigenvalue weighted by Gasteiger charge is -2.17. The molecular weight excluding hydrogens is 312 g/mol. The number of benzene rings is 1. The molecule has 0 bridgehead atoms. The maximum atomic E-state index is 11.5. The molecule has 0 fully saturated rings. The highest BCUT2D eigenvalue weighted by atomic mass is 32.2. The third-order valence-electron chi connectivity index (χ3n) is 2.93. The van der Waals surface area contributed by atoms with Crippen molar-refractivity contribution in [2.45, 2.75) is 31.2 Å². The van der Waals surface area contributed by atoms with Crippen molar-refractivity contribution in [2.24, 2.45) is 5.92 Å². The Morgan fingerprint density at radius 1 is 1.41 bits per heavy atom. The van der Waals surface area contributed by atoms with Gasteiger partial charge in [0.1, 0.15) is 11.7 Å². The van der Waals surface area contributed by atoms with Gasteiger partial charge in [0.05, 0.1) is 9.82 Å². The highest BCUT2D eigenvalue weighted by Gasteiger charge is 2.24. The fourth-order valence-corrected chi connectivity index (χ4v) is 2.54. The van der Waals surface area contributed by atoms with Crippen LogP contribution in [0.5, 0.6) is 0 Å². The maximum Gasteiger partial charge on any atom is 0.326 e. The van der Waals surface area contributed by atoms with E-state index in [1.165, 1.54) is 12.1 Å². The van der Waals surface area contributed by atoms with Gasteiger partial charge in [-0.15, -0.1) is 0 Å². The monoisotopic (exact) mass is 330 g/mol. The molecule has 0 radical (unpaired) electrons. The highest BCUT2D eigenvalue weighted by molar-refractivity contribution is 7.90. The van der Waals surface area contributed by atoms with Crippen LogP contribution in [0.25, 0.3) is 0 Å². The van der Waals surface area contributed by atoms with E-state index < -0.39 is 32.5 Å². The zero-order chi connectivity index (χ0) is 17.1. The summed E-state index contributed by atoms with van der Waals surface area (Å²) in [6, 6.07) is 2.35. The molecule has 1 aromatic rings. The SMILES string of the molecule is CC(C)C[C@H](Nc1ccc(S(C)(=O)=O)cc1[N+](=O)[O-])C(=O)O. The Balaban J connectivity index is 3.23. The second kappa shape index (κ2) is 6.73. The normalized spacial score (nSPS) is 12.9. The summed E-state index contributed by atoms with van der Waals surface area (Å²) in [7, 11) is -3.59. The molecule has 1 atom stereocenters. The van der Waals surface area contributed by atoms with Crippen molar-refractivity contribution in [1.82, 2.24) is 0 Å². The van der Waals surface area contributed by atoms with Gasteiger partial charge in [-0.1, -0.05) is 13.8 Å². The van der Waals surface area contributed by atoms with E-state index in [-0.39, 0.29) is 22.9 Å². The van der Waals surface area contributed by atoms with E-state index in [0.29, 0.717) is 0 Å². The lowest BCUT2D eigenvalue weighted by Crippen LogP contribution is -2.31. The Morgan fingerprint density at radius 3 is 2.41 bits per heavy atom. The molecule has 8 nitrogen and oxygen atoms in total. The summed E-state index contributed by atoms with van der Waals surface area (Å²) in [4.78, 5) is 21.4. The number of hydrogen-bond acceptors (Lipinski definition) is 6. The van der Waals surface area contributed by atoms with Crippen molar-refractivity contribution < 1.29 is 23.2 Å². The van der Waals surface area contributed by atoms with Crippen LogP contribution < -0.4 is 5.32 Å². The number of carboxylic acids is 1. The van der Waals surface area contributed by atoms with Crippen LogP contribution in [-0.2, 0) is 14.6 Å². The summed E-state index contributed by atoms with van der Waals surface area (Å²) >= 11 is 0. The minimum atomic E-state index is -3.59. The van der Waals surface area contributed by atoms with Crippen molar-refractivity contribution >= 4 is 27.2 Å². The number of nitro benzene ring substituents is 1. The largest absolute Gasteiger partial charge is 0.480 e. The van der Waals surface area contributed by atoms with Gasteiger partial charge in [0, 0.05) is 12.3 Å².